The highest BCUT2D eigenvalue weighted by Gasteiger charge is 2.13. The van der Waals surface area contributed by atoms with Gasteiger partial charge in [-0.05, 0) is 48.9 Å². The fraction of sp³-hybridized carbons (Fsp3) is 0.263. The Morgan fingerprint density at radius 3 is 2.35 bits per heavy atom. The van der Waals surface area contributed by atoms with E-state index in [1.807, 2.05) is 32.3 Å². The van der Waals surface area contributed by atoms with Gasteiger partial charge in [0.25, 0.3) is 0 Å². The summed E-state index contributed by atoms with van der Waals surface area (Å²) in [6, 6.07) is 14.0. The number of hydrogen-bond acceptors (Lipinski definition) is 4. The van der Waals surface area contributed by atoms with Crippen LogP contribution in [-0.4, -0.2) is 28.9 Å². The van der Waals surface area contributed by atoms with Crippen LogP contribution in [0.2, 0.25) is 10.0 Å². The zero-order valence-electron chi connectivity index (χ0n) is 14.9. The number of aromatic nitrogens is 3. The van der Waals surface area contributed by atoms with Crippen LogP contribution in [0, 0.1) is 0 Å². The number of anilines is 1. The molecule has 0 aliphatic rings. The van der Waals surface area contributed by atoms with Crippen molar-refractivity contribution in [3.63, 3.8) is 0 Å². The minimum absolute atomic E-state index is 0.570. The Kier molecular flexibility index (Phi) is 6.12. The summed E-state index contributed by atoms with van der Waals surface area (Å²) < 4.78 is 2.13. The Balaban J connectivity index is 1.80. The van der Waals surface area contributed by atoms with Gasteiger partial charge in [0.15, 0.2) is 11.0 Å². The van der Waals surface area contributed by atoms with E-state index in [1.54, 1.807) is 11.8 Å². The fourth-order valence-corrected chi connectivity index (χ4v) is 3.85. The highest BCUT2D eigenvalue weighted by atomic mass is 35.5. The molecule has 26 heavy (non-hydrogen) atoms. The van der Waals surface area contributed by atoms with Gasteiger partial charge in [0.1, 0.15) is 0 Å². The Morgan fingerprint density at radius 1 is 1.00 bits per heavy atom. The van der Waals surface area contributed by atoms with Gasteiger partial charge in [0.05, 0.1) is 10.0 Å². The van der Waals surface area contributed by atoms with Crippen LogP contribution in [0.3, 0.4) is 0 Å². The number of benzene rings is 2. The van der Waals surface area contributed by atoms with Gasteiger partial charge in [-0.1, -0.05) is 41.0 Å². The number of hydrogen-bond donors (Lipinski definition) is 0. The molecule has 0 atom stereocenters. The number of thioether (sulfide) groups is 1. The Bertz CT molecular complexity index is 891. The quantitative estimate of drug-likeness (QED) is 0.496. The standard InChI is InChI=1S/C19H20Cl2N4S/c1-4-25-18(14-6-8-15(9-7-14)24(2)3)22-23-19(25)26-12-13-5-10-16(20)17(21)11-13/h5-11H,4,12H2,1-3H3. The number of rotatable bonds is 6. The average molecular weight is 407 g/mol. The molecule has 0 aliphatic carbocycles. The van der Waals surface area contributed by atoms with Crippen LogP contribution in [-0.2, 0) is 12.3 Å². The molecule has 0 unspecified atom stereocenters. The molecular formula is C19H20Cl2N4S. The Labute approximate surface area is 168 Å². The van der Waals surface area contributed by atoms with Crippen LogP contribution in [0.25, 0.3) is 11.4 Å². The third-order valence-electron chi connectivity index (χ3n) is 4.03. The van der Waals surface area contributed by atoms with E-state index in [1.165, 1.54) is 0 Å². The molecule has 0 N–H and O–H groups in total. The number of halogens is 2. The number of nitrogens with zero attached hydrogens (tertiary/aromatic N) is 4. The molecule has 0 amide bonds. The van der Waals surface area contributed by atoms with Crippen molar-refractivity contribution in [2.45, 2.75) is 24.4 Å². The van der Waals surface area contributed by atoms with Gasteiger partial charge in [0.2, 0.25) is 0 Å². The van der Waals surface area contributed by atoms with Gasteiger partial charge in [-0.2, -0.15) is 0 Å². The molecule has 1 heterocycles. The molecule has 3 rings (SSSR count). The predicted molar refractivity (Wildman–Crippen MR) is 111 cm³/mol. The summed E-state index contributed by atoms with van der Waals surface area (Å²) in [4.78, 5) is 2.08. The summed E-state index contributed by atoms with van der Waals surface area (Å²) in [5.41, 5.74) is 3.32. The molecule has 2 aromatic carbocycles. The van der Waals surface area contributed by atoms with Crippen molar-refractivity contribution in [2.24, 2.45) is 0 Å². The highest BCUT2D eigenvalue weighted by molar-refractivity contribution is 7.98. The summed E-state index contributed by atoms with van der Waals surface area (Å²) in [5.74, 6) is 1.64. The maximum atomic E-state index is 6.10. The lowest BCUT2D eigenvalue weighted by Crippen LogP contribution is -2.08. The summed E-state index contributed by atoms with van der Waals surface area (Å²) in [6.45, 7) is 2.91. The van der Waals surface area contributed by atoms with Gasteiger partial charge in [-0.15, -0.1) is 10.2 Å². The molecule has 0 fully saturated rings. The van der Waals surface area contributed by atoms with Crippen molar-refractivity contribution in [2.75, 3.05) is 19.0 Å². The van der Waals surface area contributed by atoms with Crippen molar-refractivity contribution in [1.29, 1.82) is 0 Å². The lowest BCUT2D eigenvalue weighted by Gasteiger charge is -2.13. The molecule has 0 spiro atoms. The Hall–Kier alpha value is -1.69. The lowest BCUT2D eigenvalue weighted by molar-refractivity contribution is 0.687. The summed E-state index contributed by atoms with van der Waals surface area (Å²) in [6.07, 6.45) is 0. The second-order valence-corrected chi connectivity index (χ2v) is 7.79. The minimum Gasteiger partial charge on any atom is -0.378 e. The lowest BCUT2D eigenvalue weighted by atomic mass is 10.2. The first kappa shape index (κ1) is 19.1. The van der Waals surface area contributed by atoms with E-state index >= 15 is 0 Å². The van der Waals surface area contributed by atoms with E-state index < -0.39 is 0 Å². The highest BCUT2D eigenvalue weighted by Crippen LogP contribution is 2.29. The minimum atomic E-state index is 0.570. The fourth-order valence-electron chi connectivity index (χ4n) is 2.58. The summed E-state index contributed by atoms with van der Waals surface area (Å²) in [5, 5.41) is 10.8. The van der Waals surface area contributed by atoms with Crippen molar-refractivity contribution in [3.05, 3.63) is 58.1 Å². The van der Waals surface area contributed by atoms with E-state index in [9.17, 15) is 0 Å². The molecular weight excluding hydrogens is 387 g/mol. The second-order valence-electron chi connectivity index (χ2n) is 6.03. The molecule has 0 aliphatic heterocycles. The van der Waals surface area contributed by atoms with Gasteiger partial charge in [-0.3, -0.25) is 0 Å². The van der Waals surface area contributed by atoms with Crippen molar-refractivity contribution >= 4 is 40.7 Å². The average Bonchev–Trinajstić information content (AvgIpc) is 3.05. The van der Waals surface area contributed by atoms with Crippen LogP contribution >= 0.6 is 35.0 Å². The molecule has 4 nitrogen and oxygen atoms in total. The molecule has 0 saturated carbocycles. The topological polar surface area (TPSA) is 34.0 Å². The monoisotopic (exact) mass is 406 g/mol. The third-order valence-corrected chi connectivity index (χ3v) is 5.80. The van der Waals surface area contributed by atoms with E-state index in [0.717, 1.165) is 40.1 Å². The van der Waals surface area contributed by atoms with Gasteiger partial charge in [-0.25, -0.2) is 0 Å². The van der Waals surface area contributed by atoms with E-state index in [0.29, 0.717) is 10.0 Å². The van der Waals surface area contributed by atoms with Crippen LogP contribution < -0.4 is 4.90 Å². The third kappa shape index (κ3) is 4.17. The van der Waals surface area contributed by atoms with Gasteiger partial charge >= 0.3 is 0 Å². The normalized spacial score (nSPS) is 11.0. The van der Waals surface area contributed by atoms with Crippen LogP contribution in [0.15, 0.2) is 47.6 Å². The van der Waals surface area contributed by atoms with Gasteiger partial charge in [0, 0.05) is 37.6 Å². The first-order valence-corrected chi connectivity index (χ1v) is 10.0. The smallest absolute Gasteiger partial charge is 0.191 e. The van der Waals surface area contributed by atoms with E-state index in [2.05, 4.69) is 50.9 Å². The van der Waals surface area contributed by atoms with Crippen LogP contribution in [0.5, 0.6) is 0 Å². The van der Waals surface area contributed by atoms with Crippen molar-refractivity contribution in [1.82, 2.24) is 14.8 Å². The largest absolute Gasteiger partial charge is 0.378 e. The van der Waals surface area contributed by atoms with Crippen LogP contribution in [0.4, 0.5) is 5.69 Å². The first-order valence-electron chi connectivity index (χ1n) is 8.27. The van der Waals surface area contributed by atoms with Gasteiger partial charge < -0.3 is 9.47 Å². The predicted octanol–water partition coefficient (Wildman–Crippen LogP) is 5.63. The SMILES string of the molecule is CCn1c(SCc2ccc(Cl)c(Cl)c2)nnc1-c1ccc(N(C)C)cc1. The summed E-state index contributed by atoms with van der Waals surface area (Å²) >= 11 is 13.7. The molecule has 0 saturated heterocycles. The second kappa shape index (κ2) is 8.33. The molecule has 0 bridgehead atoms. The molecule has 3 aromatic rings. The Morgan fingerprint density at radius 2 is 1.73 bits per heavy atom. The van der Waals surface area contributed by atoms with Crippen molar-refractivity contribution in [3.8, 4) is 11.4 Å². The summed E-state index contributed by atoms with van der Waals surface area (Å²) in [7, 11) is 4.06. The zero-order chi connectivity index (χ0) is 18.7. The van der Waals surface area contributed by atoms with E-state index in [-0.39, 0.29) is 0 Å². The molecule has 1 aromatic heterocycles. The van der Waals surface area contributed by atoms with E-state index in [4.69, 9.17) is 23.2 Å². The zero-order valence-corrected chi connectivity index (χ0v) is 17.2. The molecule has 7 heteroatoms. The maximum Gasteiger partial charge on any atom is 0.191 e. The van der Waals surface area contributed by atoms with Crippen LogP contribution in [0.1, 0.15) is 12.5 Å². The molecule has 0 radical (unpaired) electrons. The molecule has 136 valence electrons. The first-order chi connectivity index (χ1) is 12.5. The maximum absolute atomic E-state index is 6.10. The van der Waals surface area contributed by atoms with Crippen molar-refractivity contribution < 1.29 is 0 Å².